The molecule has 2 N–H and O–H groups in total. The molecule has 3 nitrogen and oxygen atoms in total. The van der Waals surface area contributed by atoms with Crippen molar-refractivity contribution in [3.8, 4) is 0 Å². The summed E-state index contributed by atoms with van der Waals surface area (Å²) in [5.74, 6) is -0.00801. The van der Waals surface area contributed by atoms with E-state index in [9.17, 15) is 4.79 Å². The topological polar surface area (TPSA) is 46.3 Å². The Morgan fingerprint density at radius 3 is 2.16 bits per heavy atom. The number of amides is 1. The Labute approximate surface area is 113 Å². The largest absolute Gasteiger partial charge is 0.399 e. The molecular formula is C16H18N2O. The average molecular weight is 254 g/mol. The highest BCUT2D eigenvalue weighted by Gasteiger charge is 2.15. The normalized spacial score (nSPS) is 10.2. The van der Waals surface area contributed by atoms with Crippen molar-refractivity contribution in [2.75, 3.05) is 17.2 Å². The zero-order chi connectivity index (χ0) is 13.8. The Morgan fingerprint density at radius 1 is 1.05 bits per heavy atom. The van der Waals surface area contributed by atoms with Gasteiger partial charge in [-0.25, -0.2) is 0 Å². The summed E-state index contributed by atoms with van der Waals surface area (Å²) < 4.78 is 0. The smallest absolute Gasteiger partial charge is 0.258 e. The number of benzene rings is 2. The molecule has 2 aromatic carbocycles. The fraction of sp³-hybridized carbons (Fsp3) is 0.188. The van der Waals surface area contributed by atoms with Gasteiger partial charge in [0, 0.05) is 23.5 Å². The molecule has 0 atom stereocenters. The quantitative estimate of drug-likeness (QED) is 0.855. The third-order valence-electron chi connectivity index (χ3n) is 3.06. The van der Waals surface area contributed by atoms with Crippen LogP contribution in [0.3, 0.4) is 0 Å². The van der Waals surface area contributed by atoms with Crippen LogP contribution >= 0.6 is 0 Å². The lowest BCUT2D eigenvalue weighted by atomic mass is 10.1. The Bertz CT molecular complexity index is 558. The summed E-state index contributed by atoms with van der Waals surface area (Å²) >= 11 is 0. The Balaban J connectivity index is 2.29. The van der Waals surface area contributed by atoms with Crippen molar-refractivity contribution in [2.45, 2.75) is 13.8 Å². The first-order valence-electron chi connectivity index (χ1n) is 6.36. The molecule has 3 heteroatoms. The molecule has 0 aliphatic heterocycles. The highest BCUT2D eigenvalue weighted by Crippen LogP contribution is 2.18. The maximum Gasteiger partial charge on any atom is 0.258 e. The predicted molar refractivity (Wildman–Crippen MR) is 79.4 cm³/mol. The number of nitrogens with zero attached hydrogens (tertiary/aromatic N) is 1. The molecule has 1 amide bonds. The van der Waals surface area contributed by atoms with Gasteiger partial charge in [-0.3, -0.25) is 4.79 Å². The highest BCUT2D eigenvalue weighted by atomic mass is 16.2. The summed E-state index contributed by atoms with van der Waals surface area (Å²) in [6.45, 7) is 4.63. The van der Waals surface area contributed by atoms with Crippen LogP contribution in [-0.2, 0) is 0 Å². The Hall–Kier alpha value is -2.29. The molecule has 0 aliphatic carbocycles. The van der Waals surface area contributed by atoms with Crippen molar-refractivity contribution >= 4 is 17.3 Å². The number of rotatable bonds is 3. The van der Waals surface area contributed by atoms with Crippen LogP contribution in [-0.4, -0.2) is 12.5 Å². The van der Waals surface area contributed by atoms with E-state index in [2.05, 4.69) is 0 Å². The second-order valence-corrected chi connectivity index (χ2v) is 4.51. The van der Waals surface area contributed by atoms with Crippen molar-refractivity contribution in [1.29, 1.82) is 0 Å². The van der Waals surface area contributed by atoms with E-state index < -0.39 is 0 Å². The van der Waals surface area contributed by atoms with Gasteiger partial charge in [0.1, 0.15) is 0 Å². The van der Waals surface area contributed by atoms with Gasteiger partial charge in [0.25, 0.3) is 5.91 Å². The third-order valence-corrected chi connectivity index (χ3v) is 3.06. The molecule has 0 aromatic heterocycles. The van der Waals surface area contributed by atoms with Gasteiger partial charge >= 0.3 is 0 Å². The molecule has 2 aromatic rings. The molecular weight excluding hydrogens is 236 g/mol. The van der Waals surface area contributed by atoms with Crippen LogP contribution in [0.1, 0.15) is 22.8 Å². The van der Waals surface area contributed by atoms with E-state index in [0.717, 1.165) is 5.69 Å². The minimum absolute atomic E-state index is 0.00801. The molecule has 0 saturated heterocycles. The molecule has 0 bridgehead atoms. The second-order valence-electron chi connectivity index (χ2n) is 4.51. The minimum atomic E-state index is -0.00801. The summed E-state index contributed by atoms with van der Waals surface area (Å²) in [5.41, 5.74) is 9.04. The SMILES string of the molecule is CCN(C(=O)c1ccc(N)cc1)c1ccc(C)cc1. The van der Waals surface area contributed by atoms with Gasteiger partial charge in [-0.05, 0) is 50.2 Å². The number of hydrogen-bond acceptors (Lipinski definition) is 2. The fourth-order valence-electron chi connectivity index (χ4n) is 1.95. The van der Waals surface area contributed by atoms with E-state index in [1.807, 2.05) is 38.1 Å². The van der Waals surface area contributed by atoms with E-state index >= 15 is 0 Å². The molecule has 0 radical (unpaired) electrons. The van der Waals surface area contributed by atoms with Crippen molar-refractivity contribution in [3.05, 3.63) is 59.7 Å². The average Bonchev–Trinajstić information content (AvgIpc) is 2.42. The van der Waals surface area contributed by atoms with E-state index in [-0.39, 0.29) is 5.91 Å². The van der Waals surface area contributed by atoms with E-state index in [4.69, 9.17) is 5.73 Å². The molecule has 0 fully saturated rings. The van der Waals surface area contributed by atoms with Gasteiger partial charge in [0.2, 0.25) is 0 Å². The molecule has 2 rings (SSSR count). The summed E-state index contributed by atoms with van der Waals surface area (Å²) in [4.78, 5) is 14.2. The maximum atomic E-state index is 12.5. The van der Waals surface area contributed by atoms with Gasteiger partial charge in [-0.1, -0.05) is 17.7 Å². The van der Waals surface area contributed by atoms with Crippen LogP contribution in [0.15, 0.2) is 48.5 Å². The standard InChI is InChI=1S/C16H18N2O/c1-3-18(15-10-4-12(2)5-11-15)16(19)13-6-8-14(17)9-7-13/h4-11H,3,17H2,1-2H3. The number of carbonyl (C=O) groups excluding carboxylic acids is 1. The molecule has 0 aliphatic rings. The number of nitrogens with two attached hydrogens (primary N) is 1. The zero-order valence-corrected chi connectivity index (χ0v) is 11.3. The van der Waals surface area contributed by atoms with Crippen molar-refractivity contribution in [3.63, 3.8) is 0 Å². The van der Waals surface area contributed by atoms with Crippen molar-refractivity contribution < 1.29 is 4.79 Å². The van der Waals surface area contributed by atoms with Crippen LogP contribution in [0.5, 0.6) is 0 Å². The van der Waals surface area contributed by atoms with Gasteiger partial charge in [0.15, 0.2) is 0 Å². The van der Waals surface area contributed by atoms with Gasteiger partial charge in [-0.15, -0.1) is 0 Å². The van der Waals surface area contributed by atoms with Crippen LogP contribution in [0.4, 0.5) is 11.4 Å². The molecule has 0 spiro atoms. The molecule has 19 heavy (non-hydrogen) atoms. The zero-order valence-electron chi connectivity index (χ0n) is 11.3. The first-order chi connectivity index (χ1) is 9.11. The monoisotopic (exact) mass is 254 g/mol. The van der Waals surface area contributed by atoms with Gasteiger partial charge < -0.3 is 10.6 Å². The summed E-state index contributed by atoms with van der Waals surface area (Å²) in [6, 6.07) is 15.0. The molecule has 0 unspecified atom stereocenters. The van der Waals surface area contributed by atoms with E-state index in [1.165, 1.54) is 5.56 Å². The number of anilines is 2. The van der Waals surface area contributed by atoms with E-state index in [1.54, 1.807) is 29.2 Å². The minimum Gasteiger partial charge on any atom is -0.399 e. The Kier molecular flexibility index (Phi) is 3.85. The Morgan fingerprint density at radius 2 is 1.63 bits per heavy atom. The fourth-order valence-corrected chi connectivity index (χ4v) is 1.95. The lowest BCUT2D eigenvalue weighted by molar-refractivity contribution is 0.0988. The summed E-state index contributed by atoms with van der Waals surface area (Å²) in [6.07, 6.45) is 0. The third kappa shape index (κ3) is 2.94. The van der Waals surface area contributed by atoms with Gasteiger partial charge in [0.05, 0.1) is 0 Å². The lowest BCUT2D eigenvalue weighted by Crippen LogP contribution is -2.30. The molecule has 0 saturated carbocycles. The predicted octanol–water partition coefficient (Wildman–Crippen LogP) is 3.24. The van der Waals surface area contributed by atoms with Crippen LogP contribution in [0.2, 0.25) is 0 Å². The van der Waals surface area contributed by atoms with Crippen molar-refractivity contribution in [1.82, 2.24) is 0 Å². The van der Waals surface area contributed by atoms with Crippen LogP contribution in [0, 0.1) is 6.92 Å². The number of aryl methyl sites for hydroxylation is 1. The van der Waals surface area contributed by atoms with Crippen molar-refractivity contribution in [2.24, 2.45) is 0 Å². The van der Waals surface area contributed by atoms with Crippen LogP contribution < -0.4 is 10.6 Å². The number of carbonyl (C=O) groups is 1. The second kappa shape index (κ2) is 5.57. The van der Waals surface area contributed by atoms with E-state index in [0.29, 0.717) is 17.8 Å². The first-order valence-corrected chi connectivity index (χ1v) is 6.36. The summed E-state index contributed by atoms with van der Waals surface area (Å²) in [7, 11) is 0. The lowest BCUT2D eigenvalue weighted by Gasteiger charge is -2.21. The maximum absolute atomic E-state index is 12.5. The highest BCUT2D eigenvalue weighted by molar-refractivity contribution is 6.06. The molecule has 0 heterocycles. The number of nitrogen functional groups attached to an aromatic ring is 1. The molecule has 98 valence electrons. The summed E-state index contributed by atoms with van der Waals surface area (Å²) in [5, 5.41) is 0. The first kappa shape index (κ1) is 13.1. The number of hydrogen-bond donors (Lipinski definition) is 1. The van der Waals surface area contributed by atoms with Gasteiger partial charge in [-0.2, -0.15) is 0 Å². The van der Waals surface area contributed by atoms with Crippen LogP contribution in [0.25, 0.3) is 0 Å².